The van der Waals surface area contributed by atoms with Crippen LogP contribution in [0.5, 0.6) is 11.5 Å². The van der Waals surface area contributed by atoms with Gasteiger partial charge in [-0.15, -0.1) is 0 Å². The van der Waals surface area contributed by atoms with E-state index >= 15 is 0 Å². The molecule has 1 aliphatic heterocycles. The van der Waals surface area contributed by atoms with Gasteiger partial charge < -0.3 is 9.05 Å². The molecule has 1 heterocycles. The van der Waals surface area contributed by atoms with Crippen LogP contribution >= 0.6 is 8.60 Å². The highest BCUT2D eigenvalue weighted by molar-refractivity contribution is 7.42. The highest BCUT2D eigenvalue weighted by Gasteiger charge is 2.32. The van der Waals surface area contributed by atoms with Crippen LogP contribution in [-0.4, -0.2) is 6.61 Å². The fraction of sp³-hybridized carbons (Fsp3) is 0.625. The van der Waals surface area contributed by atoms with Crippen LogP contribution in [0.25, 0.3) is 0 Å². The van der Waals surface area contributed by atoms with Gasteiger partial charge in [0.25, 0.3) is 0 Å². The van der Waals surface area contributed by atoms with Crippen LogP contribution in [-0.2, 0) is 21.8 Å². The molecule has 0 unspecified atom stereocenters. The van der Waals surface area contributed by atoms with Crippen molar-refractivity contribution in [2.24, 2.45) is 0 Å². The molecular formula is C32H49O3P. The predicted molar refractivity (Wildman–Crippen MR) is 155 cm³/mol. The van der Waals surface area contributed by atoms with Crippen LogP contribution in [0.1, 0.15) is 127 Å². The van der Waals surface area contributed by atoms with Crippen molar-refractivity contribution in [3.63, 3.8) is 0 Å². The van der Waals surface area contributed by atoms with E-state index in [0.29, 0.717) is 6.61 Å². The van der Waals surface area contributed by atoms with E-state index in [4.69, 9.17) is 13.6 Å². The number of hydrogen-bond donors (Lipinski definition) is 0. The second-order valence-corrected chi connectivity index (χ2v) is 13.7. The summed E-state index contributed by atoms with van der Waals surface area (Å²) >= 11 is 0. The maximum Gasteiger partial charge on any atom is 0.463 e. The number of rotatable bonds is 9. The molecule has 2 aromatic carbocycles. The summed E-state index contributed by atoms with van der Waals surface area (Å²) in [7, 11) is -1.56. The Kier molecular flexibility index (Phi) is 9.92. The number of hydrogen-bond acceptors (Lipinski definition) is 3. The number of fused-ring (bicyclic) bond motifs is 2. The summed E-state index contributed by atoms with van der Waals surface area (Å²) in [5.41, 5.74) is 7.34. The van der Waals surface area contributed by atoms with E-state index in [1.54, 1.807) is 0 Å². The van der Waals surface area contributed by atoms with E-state index in [0.717, 1.165) is 24.3 Å². The Labute approximate surface area is 222 Å². The maximum absolute atomic E-state index is 6.68. The molecule has 0 atom stereocenters. The predicted octanol–water partition coefficient (Wildman–Crippen LogP) is 10.3. The highest BCUT2D eigenvalue weighted by Crippen LogP contribution is 2.52. The van der Waals surface area contributed by atoms with Crippen molar-refractivity contribution in [1.82, 2.24) is 0 Å². The third-order valence-electron chi connectivity index (χ3n) is 6.89. The van der Waals surface area contributed by atoms with Crippen LogP contribution in [0.2, 0.25) is 0 Å². The zero-order valence-electron chi connectivity index (χ0n) is 24.3. The summed E-state index contributed by atoms with van der Waals surface area (Å²) < 4.78 is 19.7. The molecule has 0 saturated carbocycles. The summed E-state index contributed by atoms with van der Waals surface area (Å²) in [4.78, 5) is 0. The van der Waals surface area contributed by atoms with Gasteiger partial charge in [-0.2, -0.15) is 0 Å². The molecule has 4 heteroatoms. The molecule has 1 aliphatic rings. The number of aryl methyl sites for hydroxylation is 2. The van der Waals surface area contributed by atoms with E-state index in [1.807, 2.05) is 0 Å². The van der Waals surface area contributed by atoms with Gasteiger partial charge in [-0.25, -0.2) is 0 Å². The summed E-state index contributed by atoms with van der Waals surface area (Å²) in [5.74, 6) is 1.89. The van der Waals surface area contributed by atoms with Crippen LogP contribution in [0.15, 0.2) is 24.3 Å². The van der Waals surface area contributed by atoms with Crippen LogP contribution in [0.4, 0.5) is 0 Å². The molecule has 200 valence electrons. The molecule has 0 fully saturated rings. The lowest BCUT2D eigenvalue weighted by atomic mass is 9.81. The van der Waals surface area contributed by atoms with E-state index in [-0.39, 0.29) is 10.8 Å². The summed E-state index contributed by atoms with van der Waals surface area (Å²) in [6, 6.07) is 9.09. The van der Waals surface area contributed by atoms with Crippen molar-refractivity contribution in [2.45, 2.75) is 125 Å². The van der Waals surface area contributed by atoms with Crippen molar-refractivity contribution in [3.05, 3.63) is 57.6 Å². The van der Waals surface area contributed by atoms with Gasteiger partial charge in [-0.3, -0.25) is 4.52 Å². The molecule has 2 aromatic rings. The Morgan fingerprint density at radius 2 is 1.14 bits per heavy atom. The Balaban J connectivity index is 1.94. The first-order valence-electron chi connectivity index (χ1n) is 14.0. The molecule has 3 rings (SSSR count). The monoisotopic (exact) mass is 512 g/mol. The fourth-order valence-electron chi connectivity index (χ4n) is 4.91. The fourth-order valence-corrected chi connectivity index (χ4v) is 6.06. The van der Waals surface area contributed by atoms with Crippen molar-refractivity contribution >= 4 is 8.60 Å². The van der Waals surface area contributed by atoms with Gasteiger partial charge in [-0.1, -0.05) is 122 Å². The maximum atomic E-state index is 6.68. The molecule has 0 radical (unpaired) electrons. The van der Waals surface area contributed by atoms with E-state index < -0.39 is 8.60 Å². The quantitative estimate of drug-likeness (QED) is 0.247. The Bertz CT molecular complexity index is 942. The third-order valence-corrected chi connectivity index (χ3v) is 7.95. The molecule has 36 heavy (non-hydrogen) atoms. The molecule has 0 N–H and O–H groups in total. The molecule has 0 aliphatic carbocycles. The normalized spacial score (nSPS) is 14.4. The SMILES string of the molecule is CCCCCCCCCOP1Oc2c(cc(C)cc2C(C)(C)C)Cc2cc(C)cc(C(C)(C)C)c2O1. The minimum atomic E-state index is -1.56. The van der Waals surface area contributed by atoms with Gasteiger partial charge in [0.05, 0.1) is 6.61 Å². The van der Waals surface area contributed by atoms with Crippen molar-refractivity contribution in [1.29, 1.82) is 0 Å². The Morgan fingerprint density at radius 3 is 1.58 bits per heavy atom. The Hall–Kier alpha value is -1.57. The second-order valence-electron chi connectivity index (χ2n) is 12.6. The first-order valence-corrected chi connectivity index (χ1v) is 15.1. The largest absolute Gasteiger partial charge is 0.463 e. The molecular weight excluding hydrogens is 463 g/mol. The summed E-state index contributed by atoms with van der Waals surface area (Å²) in [5, 5.41) is 0. The van der Waals surface area contributed by atoms with Gasteiger partial charge in [0.2, 0.25) is 0 Å². The van der Waals surface area contributed by atoms with Gasteiger partial charge >= 0.3 is 8.60 Å². The third kappa shape index (κ3) is 7.72. The molecule has 0 saturated heterocycles. The standard InChI is InChI=1S/C32H49O3P/c1-10-11-12-13-14-15-16-17-33-36-34-29-25(18-23(2)20-27(29)31(4,5)6)22-26-19-24(3)21-28(30(26)35-36)32(7,8)9/h18-21H,10-17,22H2,1-9H3. The molecule has 3 nitrogen and oxygen atoms in total. The average Bonchev–Trinajstić information content (AvgIpc) is 2.75. The zero-order valence-corrected chi connectivity index (χ0v) is 25.2. The molecule has 0 amide bonds. The van der Waals surface area contributed by atoms with E-state index in [2.05, 4.69) is 86.6 Å². The lowest BCUT2D eigenvalue weighted by Crippen LogP contribution is -2.19. The minimum Gasteiger partial charge on any atom is -0.417 e. The number of unbranched alkanes of at least 4 members (excludes halogenated alkanes) is 6. The number of benzene rings is 2. The first kappa shape index (κ1) is 29.0. The average molecular weight is 513 g/mol. The van der Waals surface area contributed by atoms with Crippen molar-refractivity contribution < 1.29 is 13.6 Å². The van der Waals surface area contributed by atoms with Crippen LogP contribution < -0.4 is 9.05 Å². The molecule has 0 bridgehead atoms. The van der Waals surface area contributed by atoms with Crippen LogP contribution in [0, 0.1) is 13.8 Å². The topological polar surface area (TPSA) is 27.7 Å². The van der Waals surface area contributed by atoms with Crippen molar-refractivity contribution in [3.8, 4) is 11.5 Å². The highest BCUT2D eigenvalue weighted by atomic mass is 31.2. The first-order chi connectivity index (χ1) is 16.9. The smallest absolute Gasteiger partial charge is 0.417 e. The van der Waals surface area contributed by atoms with Gasteiger partial charge in [0.1, 0.15) is 11.5 Å². The van der Waals surface area contributed by atoms with Gasteiger partial charge in [0, 0.05) is 17.5 Å². The minimum absolute atomic E-state index is 0.0409. The molecule has 0 aromatic heterocycles. The zero-order chi connectivity index (χ0) is 26.5. The summed E-state index contributed by atoms with van der Waals surface area (Å²) in [6.45, 7) is 20.8. The van der Waals surface area contributed by atoms with E-state index in [1.165, 1.54) is 71.9 Å². The Morgan fingerprint density at radius 1 is 0.694 bits per heavy atom. The molecule has 0 spiro atoms. The van der Waals surface area contributed by atoms with Gasteiger partial charge in [-0.05, 0) is 42.2 Å². The van der Waals surface area contributed by atoms with Crippen molar-refractivity contribution in [2.75, 3.05) is 6.61 Å². The summed E-state index contributed by atoms with van der Waals surface area (Å²) in [6.07, 6.45) is 9.59. The second kappa shape index (κ2) is 12.3. The van der Waals surface area contributed by atoms with Gasteiger partial charge in [0.15, 0.2) is 0 Å². The lowest BCUT2D eigenvalue weighted by Gasteiger charge is -2.32. The lowest BCUT2D eigenvalue weighted by molar-refractivity contribution is 0.253. The van der Waals surface area contributed by atoms with E-state index in [9.17, 15) is 0 Å². The van der Waals surface area contributed by atoms with Crippen LogP contribution in [0.3, 0.4) is 0 Å².